The maximum atomic E-state index is 12.2. The summed E-state index contributed by atoms with van der Waals surface area (Å²) in [4.78, 5) is 21.6. The second-order valence-electron chi connectivity index (χ2n) is 8.59. The minimum Gasteiger partial charge on any atom is -0.466 e. The van der Waals surface area contributed by atoms with Crippen LogP contribution in [0.15, 0.2) is 60.8 Å². The first-order valence-electron chi connectivity index (χ1n) is 12.1. The van der Waals surface area contributed by atoms with Crippen LogP contribution in [0, 0.1) is 0 Å². The van der Waals surface area contributed by atoms with Crippen molar-refractivity contribution < 1.29 is 9.53 Å². The highest BCUT2D eigenvalue weighted by Crippen LogP contribution is 2.25. The Balaban J connectivity index is 1.33. The number of ether oxygens (including phenoxy) is 1. The first-order valence-corrected chi connectivity index (χ1v) is 12.1. The van der Waals surface area contributed by atoms with Crippen LogP contribution in [-0.4, -0.2) is 29.1 Å². The van der Waals surface area contributed by atoms with E-state index >= 15 is 0 Å². The average Bonchev–Trinajstić information content (AvgIpc) is 2.85. The van der Waals surface area contributed by atoms with Crippen molar-refractivity contribution >= 4 is 22.7 Å². The Morgan fingerprint density at radius 3 is 3.03 bits per heavy atom. The number of allylic oxidation sites excluding steroid dienone is 2. The number of unbranched alkanes of at least 4 members (excludes halogenated alkanes) is 2. The van der Waals surface area contributed by atoms with Crippen LogP contribution >= 0.6 is 0 Å². The van der Waals surface area contributed by atoms with Crippen LogP contribution in [0.5, 0.6) is 0 Å². The summed E-state index contributed by atoms with van der Waals surface area (Å²) in [7, 11) is 0. The number of hydrogen-bond acceptors (Lipinski definition) is 5. The molecule has 5 heteroatoms. The lowest BCUT2D eigenvalue weighted by atomic mass is 9.95. The summed E-state index contributed by atoms with van der Waals surface area (Å²) < 4.78 is 5.21. The number of aryl methyl sites for hydroxylation is 2. The highest BCUT2D eigenvalue weighted by molar-refractivity contribution is 5.79. The van der Waals surface area contributed by atoms with Gasteiger partial charge in [0.15, 0.2) is 0 Å². The normalized spacial score (nSPS) is 14.1. The molecule has 0 saturated heterocycles. The van der Waals surface area contributed by atoms with E-state index in [9.17, 15) is 4.79 Å². The summed E-state index contributed by atoms with van der Waals surface area (Å²) in [5.41, 5.74) is 4.51. The van der Waals surface area contributed by atoms with Crippen LogP contribution in [-0.2, 0) is 22.4 Å². The number of hydrogen-bond donors (Lipinski definition) is 1. The maximum absolute atomic E-state index is 12.2. The lowest BCUT2D eigenvalue weighted by molar-refractivity contribution is -0.143. The molecule has 1 atom stereocenters. The van der Waals surface area contributed by atoms with Crippen molar-refractivity contribution in [2.24, 2.45) is 0 Å². The van der Waals surface area contributed by atoms with E-state index in [0.29, 0.717) is 13.0 Å². The highest BCUT2D eigenvalue weighted by Gasteiger charge is 2.15. The molecule has 0 fully saturated rings. The number of nitrogens with one attached hydrogen (secondary N) is 1. The number of aromatic nitrogens is 2. The second-order valence-corrected chi connectivity index (χ2v) is 8.59. The van der Waals surface area contributed by atoms with Gasteiger partial charge >= 0.3 is 5.97 Å². The van der Waals surface area contributed by atoms with Crippen molar-refractivity contribution in [2.45, 2.75) is 57.8 Å². The summed E-state index contributed by atoms with van der Waals surface area (Å²) in [5.74, 6) is 0.867. The third kappa shape index (κ3) is 6.41. The van der Waals surface area contributed by atoms with Crippen LogP contribution in [0.2, 0.25) is 0 Å². The van der Waals surface area contributed by atoms with E-state index in [1.807, 2.05) is 31.3 Å². The topological polar surface area (TPSA) is 64.1 Å². The van der Waals surface area contributed by atoms with Gasteiger partial charge in [0.2, 0.25) is 0 Å². The fraction of sp³-hybridized carbons (Fsp3) is 0.393. The first kappa shape index (κ1) is 23.0. The quantitative estimate of drug-likeness (QED) is 0.237. The molecule has 1 aliphatic heterocycles. The fourth-order valence-corrected chi connectivity index (χ4v) is 4.32. The van der Waals surface area contributed by atoms with Crippen molar-refractivity contribution in [2.75, 3.05) is 18.5 Å². The molecule has 4 rings (SSSR count). The number of fused-ring (bicyclic) bond motifs is 2. The number of pyridine rings is 2. The monoisotopic (exact) mass is 443 g/mol. The molecular weight excluding hydrogens is 410 g/mol. The van der Waals surface area contributed by atoms with Gasteiger partial charge in [-0.15, -0.1) is 0 Å². The van der Waals surface area contributed by atoms with E-state index in [-0.39, 0.29) is 11.9 Å². The van der Waals surface area contributed by atoms with Crippen LogP contribution in [0.3, 0.4) is 0 Å². The summed E-state index contributed by atoms with van der Waals surface area (Å²) in [5, 5.41) is 4.50. The Bertz CT molecular complexity index is 1110. The molecule has 2 aromatic heterocycles. The summed E-state index contributed by atoms with van der Waals surface area (Å²) >= 11 is 0. The summed E-state index contributed by atoms with van der Waals surface area (Å²) in [6.07, 6.45) is 13.0. The highest BCUT2D eigenvalue weighted by atomic mass is 16.5. The Morgan fingerprint density at radius 2 is 2.12 bits per heavy atom. The molecule has 0 bridgehead atoms. The predicted molar refractivity (Wildman–Crippen MR) is 133 cm³/mol. The van der Waals surface area contributed by atoms with Crippen molar-refractivity contribution in [1.82, 2.24) is 9.97 Å². The van der Waals surface area contributed by atoms with Gasteiger partial charge in [-0.05, 0) is 74.8 Å². The molecule has 0 spiro atoms. The van der Waals surface area contributed by atoms with E-state index in [2.05, 4.69) is 46.7 Å². The van der Waals surface area contributed by atoms with Crippen molar-refractivity contribution in [3.05, 3.63) is 77.6 Å². The van der Waals surface area contributed by atoms with E-state index in [4.69, 9.17) is 9.72 Å². The zero-order valence-electron chi connectivity index (χ0n) is 19.4. The van der Waals surface area contributed by atoms with Gasteiger partial charge in [-0.25, -0.2) is 4.98 Å². The van der Waals surface area contributed by atoms with Crippen molar-refractivity contribution in [1.29, 1.82) is 0 Å². The van der Waals surface area contributed by atoms with Gasteiger partial charge in [0.05, 0.1) is 18.5 Å². The molecule has 1 N–H and O–H groups in total. The standard InChI is InChI=1S/C28H33N3O2/c1-2-33-27(32)19-22(24-18-23-11-7-8-14-26(23)30-20-24)10-5-3-4-6-13-25-16-15-21-12-9-17-29-28(21)31-25/h5,7-8,10-11,14-16,18,20,22H,2-4,6,9,12-13,17,19H2,1H3,(H,29,31)/b10-5+/t22-/m1/s1. The Kier molecular flexibility index (Phi) is 8.07. The number of benzene rings is 1. The van der Waals surface area contributed by atoms with Gasteiger partial charge < -0.3 is 10.1 Å². The molecule has 3 heterocycles. The van der Waals surface area contributed by atoms with Crippen LogP contribution in [0.4, 0.5) is 5.82 Å². The van der Waals surface area contributed by atoms with Crippen LogP contribution < -0.4 is 5.32 Å². The number of carbonyl (C=O) groups is 1. The molecular formula is C28H33N3O2. The zero-order valence-corrected chi connectivity index (χ0v) is 19.4. The molecule has 0 aliphatic carbocycles. The van der Waals surface area contributed by atoms with Gasteiger partial charge in [0.25, 0.3) is 0 Å². The molecule has 33 heavy (non-hydrogen) atoms. The third-order valence-corrected chi connectivity index (χ3v) is 6.11. The van der Waals surface area contributed by atoms with E-state index in [1.54, 1.807) is 0 Å². The summed E-state index contributed by atoms with van der Waals surface area (Å²) in [6, 6.07) is 14.6. The largest absolute Gasteiger partial charge is 0.466 e. The molecule has 0 amide bonds. The first-order chi connectivity index (χ1) is 16.2. The van der Waals surface area contributed by atoms with Gasteiger partial charge in [0, 0.05) is 29.7 Å². The molecule has 172 valence electrons. The predicted octanol–water partition coefficient (Wildman–Crippen LogP) is 5.99. The molecule has 1 aliphatic rings. The Labute approximate surface area is 196 Å². The van der Waals surface area contributed by atoms with Crippen LogP contribution in [0.25, 0.3) is 10.9 Å². The number of carbonyl (C=O) groups excluding carboxylic acids is 1. The van der Waals surface area contributed by atoms with E-state index in [1.165, 1.54) is 12.0 Å². The SMILES string of the molecule is CCOC(=O)C[C@@H](/C=C/CCCCc1ccc2c(n1)NCCC2)c1cnc2ccccc2c1. The number of esters is 1. The number of rotatable bonds is 10. The average molecular weight is 444 g/mol. The van der Waals surface area contributed by atoms with Gasteiger partial charge in [-0.1, -0.05) is 36.4 Å². The van der Waals surface area contributed by atoms with Crippen molar-refractivity contribution in [3.63, 3.8) is 0 Å². The fourth-order valence-electron chi connectivity index (χ4n) is 4.32. The lowest BCUT2D eigenvalue weighted by Gasteiger charge is -2.17. The molecule has 3 aromatic rings. The van der Waals surface area contributed by atoms with Gasteiger partial charge in [0.1, 0.15) is 5.82 Å². The van der Waals surface area contributed by atoms with Gasteiger partial charge in [-0.3, -0.25) is 9.78 Å². The molecule has 1 aromatic carbocycles. The number of nitrogens with zero attached hydrogens (tertiary/aromatic N) is 2. The molecule has 0 saturated carbocycles. The third-order valence-electron chi connectivity index (χ3n) is 6.11. The van der Waals surface area contributed by atoms with Crippen LogP contribution in [0.1, 0.15) is 61.8 Å². The number of para-hydroxylation sites is 1. The van der Waals surface area contributed by atoms with Gasteiger partial charge in [-0.2, -0.15) is 0 Å². The van der Waals surface area contributed by atoms with E-state index < -0.39 is 0 Å². The lowest BCUT2D eigenvalue weighted by Crippen LogP contribution is -2.13. The van der Waals surface area contributed by atoms with Crippen molar-refractivity contribution in [3.8, 4) is 0 Å². The minimum atomic E-state index is -0.174. The minimum absolute atomic E-state index is 0.0328. The molecule has 0 unspecified atom stereocenters. The smallest absolute Gasteiger partial charge is 0.306 e. The summed E-state index contributed by atoms with van der Waals surface area (Å²) in [6.45, 7) is 3.26. The Hall–Kier alpha value is -3.21. The second kappa shape index (κ2) is 11.6. The Morgan fingerprint density at radius 1 is 1.21 bits per heavy atom. The molecule has 0 radical (unpaired) electrons. The maximum Gasteiger partial charge on any atom is 0.306 e. The zero-order chi connectivity index (χ0) is 22.9. The molecule has 5 nitrogen and oxygen atoms in total. The number of anilines is 1. The van der Waals surface area contributed by atoms with E-state index in [0.717, 1.165) is 66.6 Å².